The maximum Gasteiger partial charge on any atom is 0.387 e. The summed E-state index contributed by atoms with van der Waals surface area (Å²) in [4.78, 5) is 12.0. The molecule has 5 nitrogen and oxygen atoms in total. The zero-order chi connectivity index (χ0) is 13.8. The summed E-state index contributed by atoms with van der Waals surface area (Å²) < 4.78 is 28.6. The van der Waals surface area contributed by atoms with Crippen LogP contribution >= 0.6 is 11.8 Å². The zero-order valence-electron chi connectivity index (χ0n) is 9.88. The molecule has 100 valence electrons. The molecule has 1 heterocycles. The standard InChI is InChI=1S/C11H10F2N4OS/c1-19-11-16-8(15-10(14)17-11)6-3-2-4-7(5-6)18-9(12)13/h2-5,9H,1H3,(H2,14,15,16,17). The highest BCUT2D eigenvalue weighted by molar-refractivity contribution is 7.98. The van der Waals surface area contributed by atoms with Gasteiger partial charge in [-0.25, -0.2) is 4.98 Å². The second-order valence-corrected chi connectivity index (χ2v) is 4.18. The number of halogens is 2. The largest absolute Gasteiger partial charge is 0.435 e. The van der Waals surface area contributed by atoms with Gasteiger partial charge in [0, 0.05) is 5.56 Å². The lowest BCUT2D eigenvalue weighted by molar-refractivity contribution is -0.0498. The molecule has 2 N–H and O–H groups in total. The van der Waals surface area contributed by atoms with Gasteiger partial charge in [-0.15, -0.1) is 0 Å². The molecule has 8 heteroatoms. The van der Waals surface area contributed by atoms with Crippen molar-refractivity contribution >= 4 is 17.7 Å². The van der Waals surface area contributed by atoms with E-state index < -0.39 is 6.61 Å². The van der Waals surface area contributed by atoms with E-state index in [9.17, 15) is 8.78 Å². The molecule has 0 amide bonds. The van der Waals surface area contributed by atoms with Crippen LogP contribution < -0.4 is 10.5 Å². The summed E-state index contributed by atoms with van der Waals surface area (Å²) in [7, 11) is 0. The second-order valence-electron chi connectivity index (χ2n) is 3.41. The summed E-state index contributed by atoms with van der Waals surface area (Å²) in [5.41, 5.74) is 6.09. The van der Waals surface area contributed by atoms with E-state index in [0.29, 0.717) is 16.5 Å². The number of thioether (sulfide) groups is 1. The van der Waals surface area contributed by atoms with E-state index in [1.165, 1.54) is 23.9 Å². The van der Waals surface area contributed by atoms with Gasteiger partial charge in [-0.3, -0.25) is 0 Å². The zero-order valence-corrected chi connectivity index (χ0v) is 10.7. The normalized spacial score (nSPS) is 10.7. The molecule has 0 bridgehead atoms. The van der Waals surface area contributed by atoms with Gasteiger partial charge < -0.3 is 10.5 Å². The Labute approximate surface area is 112 Å². The summed E-state index contributed by atoms with van der Waals surface area (Å²) in [5.74, 6) is 0.434. The van der Waals surface area contributed by atoms with Crippen LogP contribution in [0.25, 0.3) is 11.4 Å². The predicted octanol–water partition coefficient (Wildman–Crippen LogP) is 2.44. The summed E-state index contributed by atoms with van der Waals surface area (Å²) in [5, 5.41) is 0.461. The van der Waals surface area contributed by atoms with Crippen LogP contribution in [0.1, 0.15) is 0 Å². The van der Waals surface area contributed by atoms with E-state index in [-0.39, 0.29) is 11.7 Å². The summed E-state index contributed by atoms with van der Waals surface area (Å²) in [6, 6.07) is 6.10. The monoisotopic (exact) mass is 284 g/mol. The van der Waals surface area contributed by atoms with Gasteiger partial charge in [-0.2, -0.15) is 18.7 Å². The number of hydrogen-bond acceptors (Lipinski definition) is 6. The van der Waals surface area contributed by atoms with Crippen LogP contribution in [0, 0.1) is 0 Å². The van der Waals surface area contributed by atoms with Gasteiger partial charge in [0.15, 0.2) is 11.0 Å². The lowest BCUT2D eigenvalue weighted by Crippen LogP contribution is -2.03. The van der Waals surface area contributed by atoms with Gasteiger partial charge in [0.1, 0.15) is 5.75 Å². The fourth-order valence-corrected chi connectivity index (χ4v) is 1.77. The molecule has 1 aromatic carbocycles. The van der Waals surface area contributed by atoms with E-state index in [4.69, 9.17) is 5.73 Å². The number of alkyl halides is 2. The molecule has 0 aliphatic rings. The molecule has 1 aromatic heterocycles. The molecule has 0 radical (unpaired) electrons. The lowest BCUT2D eigenvalue weighted by atomic mass is 10.2. The van der Waals surface area contributed by atoms with E-state index in [2.05, 4.69) is 19.7 Å². The number of aromatic nitrogens is 3. The number of benzene rings is 1. The third kappa shape index (κ3) is 3.50. The highest BCUT2D eigenvalue weighted by Gasteiger charge is 2.09. The Hall–Kier alpha value is -1.96. The van der Waals surface area contributed by atoms with Crippen molar-refractivity contribution in [3.8, 4) is 17.1 Å². The molecule has 0 unspecified atom stereocenters. The number of nitrogen functional groups attached to an aromatic ring is 1. The molecule has 19 heavy (non-hydrogen) atoms. The van der Waals surface area contributed by atoms with Crippen LogP contribution in [-0.2, 0) is 0 Å². The molecule has 2 rings (SSSR count). The number of rotatable bonds is 4. The number of ether oxygens (including phenoxy) is 1. The lowest BCUT2D eigenvalue weighted by Gasteiger charge is -2.07. The number of hydrogen-bond donors (Lipinski definition) is 1. The first kappa shape index (κ1) is 13.5. The molecule has 0 saturated heterocycles. The van der Waals surface area contributed by atoms with E-state index in [1.54, 1.807) is 18.4 Å². The minimum atomic E-state index is -2.87. The molecule has 2 aromatic rings. The highest BCUT2D eigenvalue weighted by atomic mass is 32.2. The van der Waals surface area contributed by atoms with Crippen LogP contribution in [0.3, 0.4) is 0 Å². The number of nitrogens with two attached hydrogens (primary N) is 1. The van der Waals surface area contributed by atoms with E-state index in [0.717, 1.165) is 0 Å². The topological polar surface area (TPSA) is 73.9 Å². The fourth-order valence-electron chi connectivity index (χ4n) is 1.40. The molecular formula is C11H10F2N4OS. The van der Waals surface area contributed by atoms with Gasteiger partial charge >= 0.3 is 6.61 Å². The molecule has 0 saturated carbocycles. The Morgan fingerprint density at radius 1 is 1.26 bits per heavy atom. The van der Waals surface area contributed by atoms with Crippen molar-refractivity contribution in [2.75, 3.05) is 12.0 Å². The van der Waals surface area contributed by atoms with Crippen LogP contribution in [-0.4, -0.2) is 27.8 Å². The Balaban J connectivity index is 2.38. The minimum Gasteiger partial charge on any atom is -0.435 e. The van der Waals surface area contributed by atoms with Gasteiger partial charge in [0.05, 0.1) is 0 Å². The number of anilines is 1. The second kappa shape index (κ2) is 5.79. The van der Waals surface area contributed by atoms with Crippen molar-refractivity contribution in [1.82, 2.24) is 15.0 Å². The molecule has 0 spiro atoms. The first-order chi connectivity index (χ1) is 9.08. The Bertz CT molecular complexity index is 582. The SMILES string of the molecule is CSc1nc(N)nc(-c2cccc(OC(F)F)c2)n1. The first-order valence-electron chi connectivity index (χ1n) is 5.19. The van der Waals surface area contributed by atoms with Crippen LogP contribution in [0.2, 0.25) is 0 Å². The smallest absolute Gasteiger partial charge is 0.387 e. The Morgan fingerprint density at radius 3 is 2.74 bits per heavy atom. The average Bonchev–Trinajstić information content (AvgIpc) is 2.37. The Kier molecular flexibility index (Phi) is 4.10. The van der Waals surface area contributed by atoms with Crippen molar-refractivity contribution in [3.63, 3.8) is 0 Å². The molecule has 0 aliphatic carbocycles. The van der Waals surface area contributed by atoms with Crippen LogP contribution in [0.4, 0.5) is 14.7 Å². The highest BCUT2D eigenvalue weighted by Crippen LogP contribution is 2.23. The van der Waals surface area contributed by atoms with Gasteiger partial charge in [-0.05, 0) is 18.4 Å². The summed E-state index contributed by atoms with van der Waals surface area (Å²) in [6.45, 7) is -2.87. The quantitative estimate of drug-likeness (QED) is 0.869. The van der Waals surface area contributed by atoms with Crippen molar-refractivity contribution in [2.24, 2.45) is 0 Å². The Morgan fingerprint density at radius 2 is 2.05 bits per heavy atom. The molecular weight excluding hydrogens is 274 g/mol. The third-order valence-electron chi connectivity index (χ3n) is 2.13. The minimum absolute atomic E-state index is 0.0391. The summed E-state index contributed by atoms with van der Waals surface area (Å²) in [6.07, 6.45) is 1.80. The van der Waals surface area contributed by atoms with Crippen LogP contribution in [0.5, 0.6) is 5.75 Å². The van der Waals surface area contributed by atoms with Crippen molar-refractivity contribution in [3.05, 3.63) is 24.3 Å². The average molecular weight is 284 g/mol. The maximum atomic E-state index is 12.2. The summed E-state index contributed by atoms with van der Waals surface area (Å²) >= 11 is 1.31. The van der Waals surface area contributed by atoms with E-state index >= 15 is 0 Å². The molecule has 0 aliphatic heterocycles. The van der Waals surface area contributed by atoms with Crippen molar-refractivity contribution in [2.45, 2.75) is 11.8 Å². The molecule has 0 atom stereocenters. The van der Waals surface area contributed by atoms with E-state index in [1.807, 2.05) is 0 Å². The van der Waals surface area contributed by atoms with Gasteiger partial charge in [-0.1, -0.05) is 23.9 Å². The predicted molar refractivity (Wildman–Crippen MR) is 68.1 cm³/mol. The number of nitrogens with zero attached hydrogens (tertiary/aromatic N) is 3. The fraction of sp³-hybridized carbons (Fsp3) is 0.182. The van der Waals surface area contributed by atoms with Gasteiger partial charge in [0.2, 0.25) is 5.95 Å². The first-order valence-corrected chi connectivity index (χ1v) is 6.42. The third-order valence-corrected chi connectivity index (χ3v) is 2.68. The van der Waals surface area contributed by atoms with Crippen molar-refractivity contribution in [1.29, 1.82) is 0 Å². The maximum absolute atomic E-state index is 12.2. The van der Waals surface area contributed by atoms with Crippen molar-refractivity contribution < 1.29 is 13.5 Å². The van der Waals surface area contributed by atoms with Gasteiger partial charge in [0.25, 0.3) is 0 Å². The molecule has 0 fully saturated rings. The van der Waals surface area contributed by atoms with Crippen LogP contribution in [0.15, 0.2) is 29.4 Å².